The van der Waals surface area contributed by atoms with E-state index in [2.05, 4.69) is 24.3 Å². The van der Waals surface area contributed by atoms with Gasteiger partial charge in [0, 0.05) is 0 Å². The van der Waals surface area contributed by atoms with Crippen LogP contribution in [0, 0.1) is 0 Å². The third kappa shape index (κ3) is 8.59. The SMILES string of the molecule is ClCC(COCc1ccccc1)[Se]C(CCl)COCc1ccccc1. The molecule has 0 N–H and O–H groups in total. The van der Waals surface area contributed by atoms with Gasteiger partial charge in [-0.15, -0.1) is 0 Å². The van der Waals surface area contributed by atoms with E-state index in [9.17, 15) is 0 Å². The van der Waals surface area contributed by atoms with Crippen LogP contribution in [0.1, 0.15) is 11.1 Å². The molecule has 0 aromatic heterocycles. The van der Waals surface area contributed by atoms with E-state index in [1.807, 2.05) is 36.4 Å². The number of hydrogen-bond donors (Lipinski definition) is 0. The van der Waals surface area contributed by atoms with Gasteiger partial charge in [-0.05, 0) is 0 Å². The molecule has 25 heavy (non-hydrogen) atoms. The van der Waals surface area contributed by atoms with E-state index >= 15 is 0 Å². The molecule has 0 saturated heterocycles. The molecule has 0 aliphatic heterocycles. The van der Waals surface area contributed by atoms with Crippen LogP contribution in [0.15, 0.2) is 60.7 Å². The molecule has 5 heteroatoms. The molecule has 2 nitrogen and oxygen atoms in total. The van der Waals surface area contributed by atoms with Crippen molar-refractivity contribution in [2.24, 2.45) is 0 Å². The Hall–Kier alpha value is -0.541. The Balaban J connectivity index is 1.68. The number of halogens is 2. The summed E-state index contributed by atoms with van der Waals surface area (Å²) in [4.78, 5) is 0.698. The topological polar surface area (TPSA) is 18.5 Å². The van der Waals surface area contributed by atoms with Crippen LogP contribution in [-0.2, 0) is 22.7 Å². The second-order valence-corrected chi connectivity index (χ2v) is 9.68. The van der Waals surface area contributed by atoms with Crippen LogP contribution in [0.4, 0.5) is 0 Å². The fourth-order valence-corrected chi connectivity index (χ4v) is 5.39. The third-order valence-corrected chi connectivity index (χ3v) is 8.02. The summed E-state index contributed by atoms with van der Waals surface area (Å²) in [6.45, 7) is 2.59. The van der Waals surface area contributed by atoms with Crippen LogP contribution in [0.3, 0.4) is 0 Å². The summed E-state index contributed by atoms with van der Waals surface area (Å²) in [6.07, 6.45) is 0. The van der Waals surface area contributed by atoms with Crippen LogP contribution in [0.2, 0.25) is 9.63 Å². The van der Waals surface area contributed by atoms with Gasteiger partial charge in [-0.2, -0.15) is 0 Å². The summed E-state index contributed by atoms with van der Waals surface area (Å²) in [6, 6.07) is 20.4. The molecular formula is C20H24Cl2O2Se. The minimum absolute atomic E-state index is 0.289. The number of ether oxygens (including phenoxy) is 2. The van der Waals surface area contributed by atoms with Crippen LogP contribution in [-0.4, -0.2) is 39.9 Å². The van der Waals surface area contributed by atoms with Gasteiger partial charge in [-0.1, -0.05) is 0 Å². The summed E-state index contributed by atoms with van der Waals surface area (Å²) in [5.41, 5.74) is 2.37. The maximum atomic E-state index is 6.13. The van der Waals surface area contributed by atoms with Crippen LogP contribution >= 0.6 is 23.2 Å². The maximum absolute atomic E-state index is 6.13. The summed E-state index contributed by atoms with van der Waals surface area (Å²) >= 11 is 12.6. The average Bonchev–Trinajstić information content (AvgIpc) is 2.67. The second-order valence-electron chi connectivity index (χ2n) is 5.69. The van der Waals surface area contributed by atoms with Crippen LogP contribution in [0.25, 0.3) is 0 Å². The van der Waals surface area contributed by atoms with Gasteiger partial charge in [-0.3, -0.25) is 0 Å². The van der Waals surface area contributed by atoms with E-state index in [-0.39, 0.29) is 15.0 Å². The molecule has 2 aromatic carbocycles. The standard InChI is InChI=1S/C20H24Cl2O2Se/c21-11-19(15-23-13-17-7-3-1-4-8-17)25-20(12-22)16-24-14-18-9-5-2-6-10-18/h1-10,19-20H,11-16H2. The van der Waals surface area contributed by atoms with Gasteiger partial charge in [0.2, 0.25) is 0 Å². The average molecular weight is 446 g/mol. The predicted molar refractivity (Wildman–Crippen MR) is 107 cm³/mol. The molecule has 0 aliphatic rings. The third-order valence-electron chi connectivity index (χ3n) is 3.56. The molecule has 2 aromatic rings. The van der Waals surface area contributed by atoms with E-state index in [1.54, 1.807) is 0 Å². The molecule has 0 saturated carbocycles. The first-order valence-electron chi connectivity index (χ1n) is 8.32. The first kappa shape index (κ1) is 20.8. The van der Waals surface area contributed by atoms with Crippen molar-refractivity contribution in [3.63, 3.8) is 0 Å². The second kappa shape index (κ2) is 12.8. The minimum atomic E-state index is 0.289. The van der Waals surface area contributed by atoms with Crippen LogP contribution < -0.4 is 0 Å². The van der Waals surface area contributed by atoms with Gasteiger partial charge in [0.15, 0.2) is 0 Å². The molecule has 2 atom stereocenters. The normalized spacial score (nSPS) is 13.5. The number of rotatable bonds is 12. The molecule has 0 aliphatic carbocycles. The quantitative estimate of drug-likeness (QED) is 0.331. The van der Waals surface area contributed by atoms with Crippen molar-refractivity contribution in [1.29, 1.82) is 0 Å². The summed E-state index contributed by atoms with van der Waals surface area (Å²) in [5.74, 6) is 1.20. The number of benzene rings is 2. The van der Waals surface area contributed by atoms with E-state index in [4.69, 9.17) is 32.7 Å². The van der Waals surface area contributed by atoms with Crippen LogP contribution in [0.5, 0.6) is 0 Å². The molecule has 136 valence electrons. The summed E-state index contributed by atoms with van der Waals surface area (Å²) in [5, 5.41) is 0. The zero-order valence-electron chi connectivity index (χ0n) is 14.2. The van der Waals surface area contributed by atoms with Gasteiger partial charge < -0.3 is 0 Å². The van der Waals surface area contributed by atoms with Gasteiger partial charge in [0.05, 0.1) is 0 Å². The molecule has 0 radical (unpaired) electrons. The van der Waals surface area contributed by atoms with Crippen molar-refractivity contribution >= 4 is 38.2 Å². The van der Waals surface area contributed by atoms with Gasteiger partial charge >= 0.3 is 167 Å². The van der Waals surface area contributed by atoms with Gasteiger partial charge in [0.25, 0.3) is 0 Å². The molecular weight excluding hydrogens is 422 g/mol. The van der Waals surface area contributed by atoms with E-state index < -0.39 is 0 Å². The monoisotopic (exact) mass is 446 g/mol. The van der Waals surface area contributed by atoms with Crippen molar-refractivity contribution in [1.82, 2.24) is 0 Å². The van der Waals surface area contributed by atoms with E-state index in [0.29, 0.717) is 47.8 Å². The first-order valence-corrected chi connectivity index (χ1v) is 11.4. The molecule has 2 rings (SSSR count). The molecule has 0 amide bonds. The predicted octanol–water partition coefficient (Wildman–Crippen LogP) is 5.18. The first-order chi connectivity index (χ1) is 12.3. The summed E-state index contributed by atoms with van der Waals surface area (Å²) in [7, 11) is 0. The number of alkyl halides is 2. The summed E-state index contributed by atoms with van der Waals surface area (Å²) < 4.78 is 11.7. The molecule has 0 heterocycles. The zero-order valence-corrected chi connectivity index (χ0v) is 17.4. The molecule has 0 fully saturated rings. The van der Waals surface area contributed by atoms with E-state index in [0.717, 1.165) is 0 Å². The van der Waals surface area contributed by atoms with Gasteiger partial charge in [0.1, 0.15) is 0 Å². The van der Waals surface area contributed by atoms with Gasteiger partial charge in [-0.25, -0.2) is 0 Å². The van der Waals surface area contributed by atoms with Crippen molar-refractivity contribution in [2.45, 2.75) is 22.8 Å². The Morgan fingerprint density at radius 3 is 1.44 bits per heavy atom. The fraction of sp³-hybridized carbons (Fsp3) is 0.400. The Bertz CT molecular complexity index is 517. The fourth-order valence-electron chi connectivity index (χ4n) is 2.28. The Morgan fingerprint density at radius 2 is 1.08 bits per heavy atom. The Kier molecular flexibility index (Phi) is 10.6. The van der Waals surface area contributed by atoms with Crippen molar-refractivity contribution in [3.8, 4) is 0 Å². The van der Waals surface area contributed by atoms with Crippen molar-refractivity contribution in [2.75, 3.05) is 25.0 Å². The Morgan fingerprint density at radius 1 is 0.680 bits per heavy atom. The molecule has 0 bridgehead atoms. The van der Waals surface area contributed by atoms with E-state index in [1.165, 1.54) is 11.1 Å². The number of hydrogen-bond acceptors (Lipinski definition) is 2. The van der Waals surface area contributed by atoms with Crippen molar-refractivity contribution in [3.05, 3.63) is 71.8 Å². The Labute approximate surface area is 167 Å². The molecule has 2 unspecified atom stereocenters. The van der Waals surface area contributed by atoms with Crippen molar-refractivity contribution < 1.29 is 9.47 Å². The molecule has 0 spiro atoms. The zero-order chi connectivity index (χ0) is 17.7.